The Bertz CT molecular complexity index is 851. The molecule has 0 saturated heterocycles. The van der Waals surface area contributed by atoms with Gasteiger partial charge in [0.05, 0.1) is 5.39 Å². The molecule has 1 N–H and O–H groups in total. The van der Waals surface area contributed by atoms with Crippen LogP contribution in [-0.4, -0.2) is 11.1 Å². The molecule has 0 radical (unpaired) electrons. The maximum atomic E-state index is 12.9. The molecule has 0 atom stereocenters. The summed E-state index contributed by atoms with van der Waals surface area (Å²) in [4.78, 5) is 12.2. The van der Waals surface area contributed by atoms with E-state index in [1.165, 1.54) is 24.3 Å². The first-order valence-corrected chi connectivity index (χ1v) is 7.17. The molecule has 5 heteroatoms. The quantitative estimate of drug-likeness (QED) is 0.791. The van der Waals surface area contributed by atoms with Crippen LogP contribution in [0.25, 0.3) is 11.0 Å². The van der Waals surface area contributed by atoms with Gasteiger partial charge in [0.2, 0.25) is 0 Å². The number of carbonyl (C=O) groups excluding carboxylic acids is 1. The summed E-state index contributed by atoms with van der Waals surface area (Å²) >= 11 is 0. The summed E-state index contributed by atoms with van der Waals surface area (Å²) in [7, 11) is 0. The molecule has 4 rings (SSSR count). The summed E-state index contributed by atoms with van der Waals surface area (Å²) in [6.07, 6.45) is 2.33. The molecule has 0 unspecified atom stereocenters. The van der Waals surface area contributed by atoms with Crippen LogP contribution in [0.2, 0.25) is 0 Å². The molecule has 1 aromatic heterocycles. The molecule has 110 valence electrons. The molecule has 1 fully saturated rings. The zero-order valence-electron chi connectivity index (χ0n) is 11.7. The number of nitrogens with zero attached hydrogens (tertiary/aromatic N) is 1. The highest BCUT2D eigenvalue weighted by Crippen LogP contribution is 2.43. The number of fused-ring (bicyclic) bond motifs is 1. The van der Waals surface area contributed by atoms with E-state index in [4.69, 9.17) is 4.52 Å². The van der Waals surface area contributed by atoms with E-state index >= 15 is 0 Å². The molecular formula is C17H13FN2O2. The Morgan fingerprint density at radius 1 is 1.18 bits per heavy atom. The lowest BCUT2D eigenvalue weighted by atomic mass is 10.1. The lowest BCUT2D eigenvalue weighted by Crippen LogP contribution is -2.12. The van der Waals surface area contributed by atoms with Gasteiger partial charge in [-0.3, -0.25) is 4.79 Å². The van der Waals surface area contributed by atoms with Crippen molar-refractivity contribution < 1.29 is 13.7 Å². The first kappa shape index (κ1) is 13.0. The zero-order valence-corrected chi connectivity index (χ0v) is 11.7. The van der Waals surface area contributed by atoms with Crippen molar-refractivity contribution in [3.05, 3.63) is 59.4 Å². The molecule has 0 aliphatic heterocycles. The number of carbonyl (C=O) groups is 1. The van der Waals surface area contributed by atoms with Crippen LogP contribution in [0.3, 0.4) is 0 Å². The largest absolute Gasteiger partial charge is 0.354 e. The van der Waals surface area contributed by atoms with Crippen LogP contribution in [0.15, 0.2) is 47.0 Å². The third-order valence-corrected chi connectivity index (χ3v) is 3.88. The monoisotopic (exact) mass is 296 g/mol. The Balaban J connectivity index is 1.65. The van der Waals surface area contributed by atoms with Crippen molar-refractivity contribution in [2.24, 2.45) is 0 Å². The number of hydrogen-bond acceptors (Lipinski definition) is 3. The molecule has 0 spiro atoms. The number of anilines is 1. The fourth-order valence-corrected chi connectivity index (χ4v) is 2.57. The predicted octanol–water partition coefficient (Wildman–Crippen LogP) is 4.10. The van der Waals surface area contributed by atoms with Crippen LogP contribution < -0.4 is 5.32 Å². The molecule has 4 nitrogen and oxygen atoms in total. The average Bonchev–Trinajstić information content (AvgIpc) is 3.30. The Labute approximate surface area is 125 Å². The van der Waals surface area contributed by atoms with Crippen molar-refractivity contribution in [1.82, 2.24) is 5.16 Å². The van der Waals surface area contributed by atoms with E-state index in [-0.39, 0.29) is 11.7 Å². The minimum atomic E-state index is -0.377. The van der Waals surface area contributed by atoms with Gasteiger partial charge in [-0.25, -0.2) is 4.39 Å². The van der Waals surface area contributed by atoms with Crippen molar-refractivity contribution in [2.75, 3.05) is 5.32 Å². The van der Waals surface area contributed by atoms with Gasteiger partial charge in [-0.2, -0.15) is 0 Å². The second-order valence-corrected chi connectivity index (χ2v) is 5.49. The van der Waals surface area contributed by atoms with E-state index in [0.717, 1.165) is 29.4 Å². The minimum absolute atomic E-state index is 0.341. The van der Waals surface area contributed by atoms with Crippen LogP contribution in [0, 0.1) is 5.82 Å². The van der Waals surface area contributed by atoms with E-state index in [1.54, 1.807) is 0 Å². The molecule has 1 heterocycles. The van der Waals surface area contributed by atoms with Gasteiger partial charge in [0, 0.05) is 11.1 Å². The second-order valence-electron chi connectivity index (χ2n) is 5.49. The number of nitrogens with one attached hydrogen (secondary N) is 1. The molecular weight excluding hydrogens is 283 g/mol. The Morgan fingerprint density at radius 2 is 1.95 bits per heavy atom. The van der Waals surface area contributed by atoms with Gasteiger partial charge in [-0.05, 0) is 49.1 Å². The summed E-state index contributed by atoms with van der Waals surface area (Å²) in [5, 5.41) is 7.48. The number of para-hydroxylation sites is 1. The summed E-state index contributed by atoms with van der Waals surface area (Å²) < 4.78 is 18.3. The van der Waals surface area contributed by atoms with Gasteiger partial charge < -0.3 is 9.84 Å². The van der Waals surface area contributed by atoms with E-state index in [0.29, 0.717) is 17.3 Å². The van der Waals surface area contributed by atoms with Gasteiger partial charge in [0.1, 0.15) is 5.82 Å². The minimum Gasteiger partial charge on any atom is -0.354 e. The second kappa shape index (κ2) is 4.94. The standard InChI is InChI=1S/C17H13FN2O2/c18-12-8-6-11(7-9-12)17(21)19-16-14-3-1-2-13(10-4-5-10)15(14)22-20-16/h1-3,6-10H,4-5H2,(H,19,20,21). The summed E-state index contributed by atoms with van der Waals surface area (Å²) in [6, 6.07) is 11.2. The van der Waals surface area contributed by atoms with Gasteiger partial charge in [-0.15, -0.1) is 0 Å². The first-order valence-electron chi connectivity index (χ1n) is 7.17. The van der Waals surface area contributed by atoms with E-state index in [1.807, 2.05) is 18.2 Å². The number of benzene rings is 2. The SMILES string of the molecule is O=C(Nc1noc2c(C3CC3)cccc12)c1ccc(F)cc1. The maximum absolute atomic E-state index is 12.9. The highest BCUT2D eigenvalue weighted by Gasteiger charge is 2.27. The predicted molar refractivity (Wildman–Crippen MR) is 80.3 cm³/mol. The van der Waals surface area contributed by atoms with Gasteiger partial charge >= 0.3 is 0 Å². The first-order chi connectivity index (χ1) is 10.7. The highest BCUT2D eigenvalue weighted by atomic mass is 19.1. The molecule has 1 saturated carbocycles. The Morgan fingerprint density at radius 3 is 2.68 bits per heavy atom. The van der Waals surface area contributed by atoms with Crippen LogP contribution in [0.4, 0.5) is 10.2 Å². The molecule has 1 aliphatic carbocycles. The summed E-state index contributed by atoms with van der Waals surface area (Å²) in [5.74, 6) is 0.216. The van der Waals surface area contributed by atoms with Gasteiger partial charge in [-0.1, -0.05) is 17.3 Å². The van der Waals surface area contributed by atoms with Crippen molar-refractivity contribution in [3.63, 3.8) is 0 Å². The van der Waals surface area contributed by atoms with Gasteiger partial charge in [0.25, 0.3) is 5.91 Å². The van der Waals surface area contributed by atoms with E-state index in [2.05, 4.69) is 10.5 Å². The topological polar surface area (TPSA) is 55.1 Å². The molecule has 0 bridgehead atoms. The Hall–Kier alpha value is -2.69. The third-order valence-electron chi connectivity index (χ3n) is 3.88. The van der Waals surface area contributed by atoms with E-state index < -0.39 is 0 Å². The lowest BCUT2D eigenvalue weighted by Gasteiger charge is -2.02. The lowest BCUT2D eigenvalue weighted by molar-refractivity contribution is 0.102. The summed E-state index contributed by atoms with van der Waals surface area (Å²) in [5.41, 5.74) is 2.25. The number of amides is 1. The van der Waals surface area contributed by atoms with Gasteiger partial charge in [0.15, 0.2) is 11.4 Å². The van der Waals surface area contributed by atoms with Crippen LogP contribution in [0.5, 0.6) is 0 Å². The van der Waals surface area contributed by atoms with Crippen LogP contribution in [-0.2, 0) is 0 Å². The number of halogens is 1. The molecule has 2 aromatic carbocycles. The number of aromatic nitrogens is 1. The van der Waals surface area contributed by atoms with Crippen molar-refractivity contribution in [3.8, 4) is 0 Å². The normalized spacial score (nSPS) is 14.2. The Kier molecular flexibility index (Phi) is 2.92. The fraction of sp³-hybridized carbons (Fsp3) is 0.176. The molecule has 1 amide bonds. The molecule has 3 aromatic rings. The smallest absolute Gasteiger partial charge is 0.256 e. The van der Waals surface area contributed by atoms with Crippen molar-refractivity contribution in [1.29, 1.82) is 0 Å². The van der Waals surface area contributed by atoms with Crippen LogP contribution in [0.1, 0.15) is 34.7 Å². The highest BCUT2D eigenvalue weighted by molar-refractivity contribution is 6.07. The van der Waals surface area contributed by atoms with Crippen LogP contribution >= 0.6 is 0 Å². The van der Waals surface area contributed by atoms with Crippen molar-refractivity contribution >= 4 is 22.7 Å². The third kappa shape index (κ3) is 2.24. The maximum Gasteiger partial charge on any atom is 0.256 e. The zero-order chi connectivity index (χ0) is 15.1. The average molecular weight is 296 g/mol. The molecule has 1 aliphatic rings. The number of rotatable bonds is 3. The fourth-order valence-electron chi connectivity index (χ4n) is 2.57. The molecule has 22 heavy (non-hydrogen) atoms. The summed E-state index contributed by atoms with van der Waals surface area (Å²) in [6.45, 7) is 0. The van der Waals surface area contributed by atoms with Crippen molar-refractivity contribution in [2.45, 2.75) is 18.8 Å². The van der Waals surface area contributed by atoms with E-state index in [9.17, 15) is 9.18 Å². The number of hydrogen-bond donors (Lipinski definition) is 1.